The zero-order valence-electron chi connectivity index (χ0n) is 24.7. The number of benzene rings is 4. The number of methoxy groups -OCH3 is 1. The molecular weight excluding hydrogens is 728 g/mol. The fraction of sp³-hybridized carbons (Fsp3) is 0.135. The second-order valence-corrected chi connectivity index (χ2v) is 10.5. The van der Waals surface area contributed by atoms with Gasteiger partial charge in [-0.1, -0.05) is 55.3 Å². The van der Waals surface area contributed by atoms with Crippen LogP contribution in [0.25, 0.3) is 44.4 Å². The van der Waals surface area contributed by atoms with Crippen LogP contribution in [0, 0.1) is 19.1 Å². The Morgan fingerprint density at radius 1 is 0.864 bits per heavy atom. The van der Waals surface area contributed by atoms with Crippen molar-refractivity contribution in [3.8, 4) is 39.9 Å². The molecule has 0 amide bonds. The van der Waals surface area contributed by atoms with Gasteiger partial charge in [-0.05, 0) is 53.2 Å². The van der Waals surface area contributed by atoms with Crippen molar-refractivity contribution >= 4 is 21.8 Å². The van der Waals surface area contributed by atoms with E-state index in [1.54, 1.807) is 13.3 Å². The monoisotopic (exact) mass is 757 g/mol. The third-order valence-corrected chi connectivity index (χ3v) is 7.71. The predicted molar refractivity (Wildman–Crippen MR) is 171 cm³/mol. The van der Waals surface area contributed by atoms with Gasteiger partial charge in [-0.3, -0.25) is 4.68 Å². The van der Waals surface area contributed by atoms with Crippen LogP contribution in [0.4, 0.5) is 0 Å². The number of ether oxygens (including phenoxy) is 2. The molecule has 3 heterocycles. The van der Waals surface area contributed by atoms with Crippen LogP contribution in [0.5, 0.6) is 17.2 Å². The second-order valence-electron chi connectivity index (χ2n) is 10.5. The van der Waals surface area contributed by atoms with Crippen molar-refractivity contribution in [2.24, 2.45) is 0 Å². The maximum Gasteiger partial charge on any atom is 2.00 e. The first-order valence-corrected chi connectivity index (χ1v) is 14.4. The predicted octanol–water partition coefficient (Wildman–Crippen LogP) is 8.69. The first kappa shape index (κ1) is 29.4. The van der Waals surface area contributed by atoms with E-state index >= 15 is 0 Å². The van der Waals surface area contributed by atoms with E-state index in [1.807, 2.05) is 59.4 Å². The maximum atomic E-state index is 6.33. The van der Waals surface area contributed by atoms with Crippen LogP contribution in [-0.4, -0.2) is 26.4 Å². The molecule has 0 fully saturated rings. The van der Waals surface area contributed by atoms with E-state index in [4.69, 9.17) is 9.47 Å². The Kier molecular flexibility index (Phi) is 8.36. The van der Waals surface area contributed by atoms with Gasteiger partial charge < -0.3 is 14.0 Å². The molecule has 0 spiro atoms. The molecule has 220 valence electrons. The van der Waals surface area contributed by atoms with Crippen molar-refractivity contribution in [2.75, 3.05) is 7.11 Å². The summed E-state index contributed by atoms with van der Waals surface area (Å²) in [5, 5.41) is 6.86. The largest absolute Gasteiger partial charge is 2.00 e. The number of hydrogen-bond acceptors (Lipinski definition) is 4. The summed E-state index contributed by atoms with van der Waals surface area (Å²) < 4.78 is 15.7. The normalized spacial score (nSPS) is 11.1. The molecule has 3 aromatic heterocycles. The van der Waals surface area contributed by atoms with Gasteiger partial charge in [0.05, 0.1) is 13.3 Å². The molecule has 0 saturated carbocycles. The molecule has 0 radical (unpaired) electrons. The molecule has 0 unspecified atom stereocenters. The molecule has 7 rings (SSSR count). The molecule has 7 heteroatoms. The standard InChI is InChI=1S/C37H30N4O2.Pt/c1-4-9-26-11-7-10-25(2)37(26)27-23-39-40(24-27)28-12-8-13-30(20-28)43-31-16-17-33-32-14-5-6-15-34(32)41(35(33)21-31)36-22-29(42-3)18-19-38-36;/h5-8,10-19,22-24H,4,9H2,1-3H3;/q-2;+2. The summed E-state index contributed by atoms with van der Waals surface area (Å²) in [6, 6.07) is 35.2. The minimum atomic E-state index is 0. The summed E-state index contributed by atoms with van der Waals surface area (Å²) in [7, 11) is 1.66. The van der Waals surface area contributed by atoms with Crippen LogP contribution in [0.1, 0.15) is 24.5 Å². The molecule has 0 bridgehead atoms. The quantitative estimate of drug-likeness (QED) is 0.146. The van der Waals surface area contributed by atoms with Gasteiger partial charge in [-0.15, -0.1) is 35.7 Å². The summed E-state index contributed by atoms with van der Waals surface area (Å²) in [4.78, 5) is 4.64. The molecule has 0 saturated heterocycles. The van der Waals surface area contributed by atoms with Crippen molar-refractivity contribution in [3.05, 3.63) is 127 Å². The van der Waals surface area contributed by atoms with Gasteiger partial charge in [0.1, 0.15) is 11.6 Å². The van der Waals surface area contributed by atoms with Crippen molar-refractivity contribution < 1.29 is 30.5 Å². The van der Waals surface area contributed by atoms with E-state index in [-0.39, 0.29) is 21.1 Å². The van der Waals surface area contributed by atoms with Gasteiger partial charge >= 0.3 is 21.1 Å². The summed E-state index contributed by atoms with van der Waals surface area (Å²) in [6.45, 7) is 4.37. The van der Waals surface area contributed by atoms with Crippen LogP contribution in [-0.2, 0) is 27.5 Å². The van der Waals surface area contributed by atoms with E-state index in [1.165, 1.54) is 16.7 Å². The van der Waals surface area contributed by atoms with Crippen LogP contribution < -0.4 is 9.47 Å². The average Bonchev–Trinajstić information content (AvgIpc) is 3.65. The van der Waals surface area contributed by atoms with Crippen molar-refractivity contribution in [2.45, 2.75) is 26.7 Å². The van der Waals surface area contributed by atoms with Crippen LogP contribution >= 0.6 is 0 Å². The van der Waals surface area contributed by atoms with Crippen molar-refractivity contribution in [1.29, 1.82) is 0 Å². The number of aryl methyl sites for hydroxylation is 2. The molecule has 0 aliphatic rings. The molecule has 44 heavy (non-hydrogen) atoms. The first-order chi connectivity index (χ1) is 21.1. The summed E-state index contributed by atoms with van der Waals surface area (Å²) in [5.74, 6) is 2.64. The zero-order valence-corrected chi connectivity index (χ0v) is 26.9. The van der Waals surface area contributed by atoms with Gasteiger partial charge in [0.15, 0.2) is 0 Å². The molecule has 0 N–H and O–H groups in total. The smallest absolute Gasteiger partial charge is 0.509 e. The number of nitrogens with zero attached hydrogens (tertiary/aromatic N) is 4. The minimum Gasteiger partial charge on any atom is -0.509 e. The van der Waals surface area contributed by atoms with Crippen LogP contribution in [0.2, 0.25) is 0 Å². The molecule has 7 aromatic rings. The van der Waals surface area contributed by atoms with Crippen LogP contribution in [0.15, 0.2) is 104 Å². The summed E-state index contributed by atoms with van der Waals surface area (Å²) in [6.07, 6.45) is 7.87. The van der Waals surface area contributed by atoms with Crippen LogP contribution in [0.3, 0.4) is 0 Å². The fourth-order valence-electron chi connectivity index (χ4n) is 5.77. The number of hydrogen-bond donors (Lipinski definition) is 0. The van der Waals surface area contributed by atoms with E-state index in [0.717, 1.165) is 57.5 Å². The number of fused-ring (bicyclic) bond motifs is 3. The van der Waals surface area contributed by atoms with Gasteiger partial charge in [0.25, 0.3) is 0 Å². The van der Waals surface area contributed by atoms with E-state index < -0.39 is 0 Å². The van der Waals surface area contributed by atoms with Gasteiger partial charge in [-0.25, -0.2) is 4.98 Å². The van der Waals surface area contributed by atoms with Crippen molar-refractivity contribution in [3.63, 3.8) is 0 Å². The number of rotatable bonds is 8. The molecule has 0 atom stereocenters. The number of pyridine rings is 1. The topological polar surface area (TPSA) is 54.1 Å². The molecule has 0 aliphatic heterocycles. The van der Waals surface area contributed by atoms with Gasteiger partial charge in [0.2, 0.25) is 0 Å². The molecular formula is C37H30N4O2Pt. The second kappa shape index (κ2) is 12.5. The summed E-state index contributed by atoms with van der Waals surface area (Å²) in [5.41, 5.74) is 7.64. The van der Waals surface area contributed by atoms with Crippen molar-refractivity contribution in [1.82, 2.24) is 19.3 Å². The minimum absolute atomic E-state index is 0. The Morgan fingerprint density at radius 3 is 2.57 bits per heavy atom. The number of aromatic nitrogens is 4. The SMILES string of the molecule is CCCc1cccc(C)c1-c1cnn(-c2[c-]c(Oc3[c-]c4c(cc3)c3ccccc3n4-c3cc(OC)ccn3)ccc2)c1.[Pt+2]. The third kappa shape index (κ3) is 5.42. The Morgan fingerprint density at radius 2 is 1.70 bits per heavy atom. The van der Waals surface area contributed by atoms with E-state index in [0.29, 0.717) is 11.5 Å². The van der Waals surface area contributed by atoms with Gasteiger partial charge in [-0.2, -0.15) is 17.2 Å². The Hall–Kier alpha value is -4.67. The zero-order chi connectivity index (χ0) is 29.3. The molecule has 0 aliphatic carbocycles. The maximum absolute atomic E-state index is 6.33. The average molecular weight is 758 g/mol. The van der Waals surface area contributed by atoms with Gasteiger partial charge in [0, 0.05) is 41.0 Å². The van der Waals surface area contributed by atoms with E-state index in [9.17, 15) is 0 Å². The first-order valence-electron chi connectivity index (χ1n) is 14.4. The fourth-order valence-corrected chi connectivity index (χ4v) is 5.77. The molecule has 4 aromatic carbocycles. The molecule has 6 nitrogen and oxygen atoms in total. The van der Waals surface area contributed by atoms with E-state index in [2.05, 4.69) is 83.2 Å². The number of para-hydroxylation sites is 1. The Balaban J connectivity index is 0.00000343. The third-order valence-electron chi connectivity index (χ3n) is 7.71. The Bertz CT molecular complexity index is 2100. The Labute approximate surface area is 271 Å². The summed E-state index contributed by atoms with van der Waals surface area (Å²) >= 11 is 0.